The van der Waals surface area contributed by atoms with E-state index < -0.39 is 5.41 Å². The molecule has 21 heavy (non-hydrogen) atoms. The molecular formula is C17H10Br2O2. The third kappa shape index (κ3) is 1.57. The van der Waals surface area contributed by atoms with Crippen molar-refractivity contribution in [3.05, 3.63) is 67.6 Å². The van der Waals surface area contributed by atoms with Gasteiger partial charge in [-0.3, -0.25) is 0 Å². The standard InChI is InChI=1S/C17H10Br2O2/c18-11-1-3-13(20)15-9(11)5-7-17(15)8-6-10-12(19)2-4-14(21)16(10)17/h1-8,20-21H. The lowest BCUT2D eigenvalue weighted by atomic mass is 9.77. The van der Waals surface area contributed by atoms with E-state index in [1.807, 2.05) is 36.4 Å². The number of fused-ring (bicyclic) bond motifs is 4. The fourth-order valence-electron chi connectivity index (χ4n) is 3.30. The van der Waals surface area contributed by atoms with Crippen molar-refractivity contribution in [2.24, 2.45) is 0 Å². The maximum atomic E-state index is 10.4. The summed E-state index contributed by atoms with van der Waals surface area (Å²) in [5, 5.41) is 20.8. The third-order valence-electron chi connectivity index (χ3n) is 4.19. The normalized spacial score (nSPS) is 16.5. The summed E-state index contributed by atoms with van der Waals surface area (Å²) in [7, 11) is 0. The molecule has 2 aromatic carbocycles. The molecule has 2 N–H and O–H groups in total. The maximum absolute atomic E-state index is 10.4. The van der Waals surface area contributed by atoms with Gasteiger partial charge >= 0.3 is 0 Å². The molecule has 4 heteroatoms. The Morgan fingerprint density at radius 3 is 1.57 bits per heavy atom. The van der Waals surface area contributed by atoms with Crippen molar-refractivity contribution < 1.29 is 10.2 Å². The van der Waals surface area contributed by atoms with E-state index in [-0.39, 0.29) is 11.5 Å². The molecule has 0 unspecified atom stereocenters. The predicted octanol–water partition coefficient (Wildman–Crippen LogP) is 4.96. The molecule has 0 atom stereocenters. The summed E-state index contributed by atoms with van der Waals surface area (Å²) in [4.78, 5) is 0. The van der Waals surface area contributed by atoms with Gasteiger partial charge in [0.1, 0.15) is 11.5 Å². The van der Waals surface area contributed by atoms with Crippen molar-refractivity contribution in [3.8, 4) is 11.5 Å². The smallest absolute Gasteiger partial charge is 0.121 e. The molecule has 2 aliphatic rings. The highest BCUT2D eigenvalue weighted by Crippen LogP contribution is 2.55. The summed E-state index contributed by atoms with van der Waals surface area (Å²) >= 11 is 7.05. The lowest BCUT2D eigenvalue weighted by Gasteiger charge is -2.26. The molecule has 2 nitrogen and oxygen atoms in total. The van der Waals surface area contributed by atoms with Crippen LogP contribution in [0.25, 0.3) is 12.2 Å². The van der Waals surface area contributed by atoms with Crippen LogP contribution in [0.15, 0.2) is 45.4 Å². The van der Waals surface area contributed by atoms with Crippen LogP contribution in [0.4, 0.5) is 0 Å². The SMILES string of the molecule is Oc1ccc(Br)c2c1C1(C=C2)C=Cc2c(Br)ccc(O)c21. The van der Waals surface area contributed by atoms with Gasteiger partial charge in [-0.25, -0.2) is 0 Å². The molecule has 4 rings (SSSR count). The van der Waals surface area contributed by atoms with Gasteiger partial charge in [0.15, 0.2) is 0 Å². The Bertz CT molecular complexity index is 779. The minimum atomic E-state index is -0.605. The number of benzene rings is 2. The van der Waals surface area contributed by atoms with E-state index in [0.29, 0.717) is 0 Å². The third-order valence-corrected chi connectivity index (χ3v) is 5.58. The van der Waals surface area contributed by atoms with E-state index in [2.05, 4.69) is 31.9 Å². The van der Waals surface area contributed by atoms with Crippen LogP contribution in [0.1, 0.15) is 22.3 Å². The van der Waals surface area contributed by atoms with Crippen molar-refractivity contribution in [2.45, 2.75) is 5.41 Å². The highest BCUT2D eigenvalue weighted by Gasteiger charge is 2.43. The van der Waals surface area contributed by atoms with Crippen molar-refractivity contribution in [3.63, 3.8) is 0 Å². The number of hydrogen-bond acceptors (Lipinski definition) is 2. The average molecular weight is 406 g/mol. The largest absolute Gasteiger partial charge is 0.508 e. The van der Waals surface area contributed by atoms with Crippen LogP contribution >= 0.6 is 31.9 Å². The van der Waals surface area contributed by atoms with E-state index in [4.69, 9.17) is 0 Å². The highest BCUT2D eigenvalue weighted by atomic mass is 79.9. The van der Waals surface area contributed by atoms with Gasteiger partial charge in [0.25, 0.3) is 0 Å². The van der Waals surface area contributed by atoms with Crippen LogP contribution in [0.2, 0.25) is 0 Å². The van der Waals surface area contributed by atoms with Gasteiger partial charge in [-0.1, -0.05) is 56.2 Å². The van der Waals surface area contributed by atoms with E-state index >= 15 is 0 Å². The van der Waals surface area contributed by atoms with E-state index in [9.17, 15) is 10.2 Å². The van der Waals surface area contributed by atoms with Crippen molar-refractivity contribution in [1.29, 1.82) is 0 Å². The molecule has 0 aromatic heterocycles. The zero-order valence-corrected chi connectivity index (χ0v) is 13.9. The lowest BCUT2D eigenvalue weighted by molar-refractivity contribution is 0.452. The first kappa shape index (κ1) is 13.2. The zero-order chi connectivity index (χ0) is 14.8. The summed E-state index contributed by atoms with van der Waals surface area (Å²) in [5.74, 6) is 0.463. The van der Waals surface area contributed by atoms with E-state index in [1.54, 1.807) is 12.1 Å². The second kappa shape index (κ2) is 4.24. The minimum Gasteiger partial charge on any atom is -0.508 e. The summed E-state index contributed by atoms with van der Waals surface area (Å²) in [5.41, 5.74) is 2.91. The van der Waals surface area contributed by atoms with Crippen LogP contribution in [-0.4, -0.2) is 10.2 Å². The molecule has 0 radical (unpaired) electrons. The van der Waals surface area contributed by atoms with Crippen LogP contribution in [0, 0.1) is 0 Å². The number of allylic oxidation sites excluding steroid dienone is 2. The van der Waals surface area contributed by atoms with Crippen LogP contribution < -0.4 is 0 Å². The maximum Gasteiger partial charge on any atom is 0.121 e. The Balaban J connectivity index is 2.11. The van der Waals surface area contributed by atoms with Gasteiger partial charge in [0, 0.05) is 20.1 Å². The molecular weight excluding hydrogens is 396 g/mol. The first-order valence-electron chi connectivity index (χ1n) is 6.47. The quantitative estimate of drug-likeness (QED) is 0.650. The molecule has 0 saturated heterocycles. The van der Waals surface area contributed by atoms with E-state index in [1.165, 1.54) is 0 Å². The molecule has 0 bridgehead atoms. The second-order valence-electron chi connectivity index (χ2n) is 5.25. The Labute approximate surface area is 138 Å². The fraction of sp³-hybridized carbons (Fsp3) is 0.0588. The van der Waals surface area contributed by atoms with Gasteiger partial charge in [-0.2, -0.15) is 0 Å². The minimum absolute atomic E-state index is 0.232. The predicted molar refractivity (Wildman–Crippen MR) is 90.5 cm³/mol. The summed E-state index contributed by atoms with van der Waals surface area (Å²) in [6.07, 6.45) is 8.02. The van der Waals surface area contributed by atoms with Gasteiger partial charge in [-0.15, -0.1) is 0 Å². The number of phenolic OH excluding ortho intramolecular Hbond substituents is 2. The van der Waals surface area contributed by atoms with Crippen molar-refractivity contribution >= 4 is 44.0 Å². The van der Waals surface area contributed by atoms with E-state index in [0.717, 1.165) is 31.2 Å². The number of phenols is 2. The molecule has 1 spiro atoms. The number of rotatable bonds is 0. The molecule has 0 fully saturated rings. The molecule has 0 aliphatic heterocycles. The van der Waals surface area contributed by atoms with Crippen molar-refractivity contribution in [2.75, 3.05) is 0 Å². The second-order valence-corrected chi connectivity index (χ2v) is 6.95. The molecule has 2 aromatic rings. The van der Waals surface area contributed by atoms with Crippen LogP contribution in [0.5, 0.6) is 11.5 Å². The summed E-state index contributed by atoms with van der Waals surface area (Å²) in [6, 6.07) is 7.02. The first-order valence-corrected chi connectivity index (χ1v) is 8.05. The Morgan fingerprint density at radius 2 is 1.14 bits per heavy atom. The van der Waals surface area contributed by atoms with Gasteiger partial charge in [-0.05, 0) is 35.4 Å². The van der Waals surface area contributed by atoms with Gasteiger partial charge in [0.05, 0.1) is 5.41 Å². The Morgan fingerprint density at radius 1 is 0.714 bits per heavy atom. The Kier molecular flexibility index (Phi) is 2.66. The lowest BCUT2D eigenvalue weighted by Crippen LogP contribution is -2.19. The molecule has 2 aliphatic carbocycles. The summed E-state index contributed by atoms with van der Waals surface area (Å²) in [6.45, 7) is 0. The van der Waals surface area contributed by atoms with Crippen LogP contribution in [-0.2, 0) is 5.41 Å². The first-order chi connectivity index (χ1) is 10.0. The topological polar surface area (TPSA) is 40.5 Å². The highest BCUT2D eigenvalue weighted by molar-refractivity contribution is 9.10. The average Bonchev–Trinajstić information content (AvgIpc) is 3.04. The molecule has 0 amide bonds. The number of hydrogen-bond donors (Lipinski definition) is 2. The zero-order valence-electron chi connectivity index (χ0n) is 10.8. The van der Waals surface area contributed by atoms with Crippen molar-refractivity contribution in [1.82, 2.24) is 0 Å². The summed E-state index contributed by atoms with van der Waals surface area (Å²) < 4.78 is 1.86. The van der Waals surface area contributed by atoms with Gasteiger partial charge in [0.2, 0.25) is 0 Å². The van der Waals surface area contributed by atoms with Crippen LogP contribution in [0.3, 0.4) is 0 Å². The monoisotopic (exact) mass is 404 g/mol. The number of aromatic hydroxyl groups is 2. The van der Waals surface area contributed by atoms with Gasteiger partial charge < -0.3 is 10.2 Å². The molecule has 104 valence electrons. The Hall–Kier alpha value is -1.52. The molecule has 0 heterocycles. The fourth-order valence-corrected chi connectivity index (χ4v) is 4.23. The number of halogens is 2. The molecule has 0 saturated carbocycles.